The van der Waals surface area contributed by atoms with Crippen LogP contribution in [0.25, 0.3) is 0 Å². The molecule has 0 radical (unpaired) electrons. The number of urea groups is 1. The summed E-state index contributed by atoms with van der Waals surface area (Å²) in [5.74, 6) is -3.41. The minimum Gasteiger partial charge on any atom is -0.465 e. The lowest BCUT2D eigenvalue weighted by Crippen LogP contribution is -2.58. The fourth-order valence-electron chi connectivity index (χ4n) is 2.76. The predicted molar refractivity (Wildman–Crippen MR) is 102 cm³/mol. The van der Waals surface area contributed by atoms with Crippen LogP contribution in [0.15, 0.2) is 53.5 Å². The number of methoxy groups -OCH3 is 1. The molecule has 1 saturated heterocycles. The average molecular weight is 379 g/mol. The van der Waals surface area contributed by atoms with Crippen molar-refractivity contribution in [2.75, 3.05) is 12.0 Å². The minimum absolute atomic E-state index is 0.191. The maximum atomic E-state index is 12.8. The van der Waals surface area contributed by atoms with Crippen LogP contribution in [0.4, 0.5) is 16.2 Å². The summed E-state index contributed by atoms with van der Waals surface area (Å²) in [6.07, 6.45) is 1.12. The summed E-state index contributed by atoms with van der Waals surface area (Å²) in [6, 6.07) is 12.3. The fourth-order valence-corrected chi connectivity index (χ4v) is 2.76. The number of carbonyl (C=O) groups excluding carboxylic acids is 4. The van der Waals surface area contributed by atoms with E-state index < -0.39 is 29.7 Å². The number of para-hydroxylation sites is 1. The molecule has 0 unspecified atom stereocenters. The largest absolute Gasteiger partial charge is 0.465 e. The summed E-state index contributed by atoms with van der Waals surface area (Å²) in [4.78, 5) is 54.1. The Balaban J connectivity index is 1.93. The number of aryl methyl sites for hydroxylation is 1. The van der Waals surface area contributed by atoms with Crippen LogP contribution in [-0.2, 0) is 14.3 Å². The van der Waals surface area contributed by atoms with E-state index in [2.05, 4.69) is 10.3 Å². The number of benzene rings is 2. The van der Waals surface area contributed by atoms with Crippen molar-refractivity contribution in [1.82, 2.24) is 5.32 Å². The molecule has 0 saturated carbocycles. The Kier molecular flexibility index (Phi) is 5.30. The van der Waals surface area contributed by atoms with Crippen LogP contribution in [0, 0.1) is 12.8 Å². The first-order valence-corrected chi connectivity index (χ1v) is 8.39. The Morgan fingerprint density at radius 2 is 1.89 bits per heavy atom. The molecule has 0 aliphatic carbocycles. The minimum atomic E-state index is -1.32. The SMILES string of the molecule is COC(=O)c1ccccc1N=C[C@H]1C(=O)NC(=O)N(c2cccc(C)c2)C1=O. The van der Waals surface area contributed by atoms with Crippen molar-refractivity contribution >= 4 is 41.4 Å². The summed E-state index contributed by atoms with van der Waals surface area (Å²) < 4.78 is 4.70. The number of amides is 4. The zero-order valence-corrected chi connectivity index (χ0v) is 15.2. The Bertz CT molecular complexity index is 999. The summed E-state index contributed by atoms with van der Waals surface area (Å²) in [5, 5.41) is 2.16. The molecule has 1 fully saturated rings. The van der Waals surface area contributed by atoms with E-state index in [1.165, 1.54) is 13.2 Å². The monoisotopic (exact) mass is 379 g/mol. The first-order chi connectivity index (χ1) is 13.4. The lowest BCUT2D eigenvalue weighted by atomic mass is 10.1. The summed E-state index contributed by atoms with van der Waals surface area (Å²) in [5.41, 5.74) is 1.64. The van der Waals surface area contributed by atoms with Crippen LogP contribution in [0.1, 0.15) is 15.9 Å². The van der Waals surface area contributed by atoms with Gasteiger partial charge in [0.2, 0.25) is 5.91 Å². The van der Waals surface area contributed by atoms with Gasteiger partial charge in [-0.1, -0.05) is 24.3 Å². The van der Waals surface area contributed by atoms with Gasteiger partial charge in [0.1, 0.15) is 0 Å². The van der Waals surface area contributed by atoms with E-state index in [1.54, 1.807) is 36.4 Å². The topological polar surface area (TPSA) is 105 Å². The van der Waals surface area contributed by atoms with Crippen LogP contribution in [-0.4, -0.2) is 37.1 Å². The number of nitrogens with one attached hydrogen (secondary N) is 1. The van der Waals surface area contributed by atoms with E-state index in [9.17, 15) is 19.2 Å². The average Bonchev–Trinajstić information content (AvgIpc) is 2.67. The standard InChI is InChI=1S/C20H17N3O5/c1-12-6-5-7-13(10-12)23-18(25)15(17(24)22-20(23)27)11-21-16-9-4-3-8-14(16)19(26)28-2/h3-11,15H,1-2H3,(H,22,24,27)/t15-/m0/s1. The first kappa shape index (κ1) is 19.0. The molecule has 0 spiro atoms. The molecule has 1 atom stereocenters. The molecule has 28 heavy (non-hydrogen) atoms. The second-order valence-electron chi connectivity index (χ2n) is 6.07. The zero-order valence-electron chi connectivity index (χ0n) is 15.2. The van der Waals surface area contributed by atoms with Crippen molar-refractivity contribution < 1.29 is 23.9 Å². The number of anilines is 1. The van der Waals surface area contributed by atoms with Gasteiger partial charge in [-0.2, -0.15) is 0 Å². The number of rotatable bonds is 4. The molecule has 1 aliphatic rings. The highest BCUT2D eigenvalue weighted by Gasteiger charge is 2.40. The van der Waals surface area contributed by atoms with Crippen LogP contribution in [0.3, 0.4) is 0 Å². The molecule has 4 amide bonds. The van der Waals surface area contributed by atoms with Gasteiger partial charge in [-0.25, -0.2) is 14.5 Å². The predicted octanol–water partition coefficient (Wildman–Crippen LogP) is 2.38. The van der Waals surface area contributed by atoms with Gasteiger partial charge < -0.3 is 4.74 Å². The van der Waals surface area contributed by atoms with Crippen LogP contribution < -0.4 is 10.2 Å². The molecule has 1 heterocycles. The third-order valence-corrected chi connectivity index (χ3v) is 4.13. The molecule has 8 nitrogen and oxygen atoms in total. The molecule has 1 N–H and O–H groups in total. The molecule has 2 aromatic carbocycles. The third-order valence-electron chi connectivity index (χ3n) is 4.13. The van der Waals surface area contributed by atoms with Crippen LogP contribution >= 0.6 is 0 Å². The lowest BCUT2D eigenvalue weighted by Gasteiger charge is -2.28. The molecular weight excluding hydrogens is 362 g/mol. The van der Waals surface area contributed by atoms with Crippen molar-refractivity contribution in [3.05, 3.63) is 59.7 Å². The molecule has 8 heteroatoms. The van der Waals surface area contributed by atoms with Gasteiger partial charge in [-0.15, -0.1) is 0 Å². The number of imide groups is 2. The van der Waals surface area contributed by atoms with Crippen molar-refractivity contribution in [2.45, 2.75) is 6.92 Å². The number of barbiturate groups is 1. The fraction of sp³-hybridized carbons (Fsp3) is 0.150. The zero-order chi connectivity index (χ0) is 20.3. The Morgan fingerprint density at radius 1 is 1.14 bits per heavy atom. The van der Waals surface area contributed by atoms with E-state index in [-0.39, 0.29) is 11.3 Å². The van der Waals surface area contributed by atoms with E-state index in [1.807, 2.05) is 13.0 Å². The van der Waals surface area contributed by atoms with E-state index in [0.29, 0.717) is 5.69 Å². The second-order valence-corrected chi connectivity index (χ2v) is 6.07. The highest BCUT2D eigenvalue weighted by molar-refractivity contribution is 6.32. The quantitative estimate of drug-likeness (QED) is 0.499. The highest BCUT2D eigenvalue weighted by atomic mass is 16.5. The van der Waals surface area contributed by atoms with E-state index in [0.717, 1.165) is 16.7 Å². The van der Waals surface area contributed by atoms with E-state index in [4.69, 9.17) is 4.74 Å². The Hall–Kier alpha value is -3.81. The number of hydrogen-bond donors (Lipinski definition) is 1. The second kappa shape index (κ2) is 7.83. The normalized spacial score (nSPS) is 17.0. The van der Waals surface area contributed by atoms with Crippen LogP contribution in [0.2, 0.25) is 0 Å². The van der Waals surface area contributed by atoms with Gasteiger partial charge in [0, 0.05) is 6.21 Å². The van der Waals surface area contributed by atoms with Crippen LogP contribution in [0.5, 0.6) is 0 Å². The van der Waals surface area contributed by atoms with Gasteiger partial charge in [-0.3, -0.25) is 19.9 Å². The first-order valence-electron chi connectivity index (χ1n) is 8.39. The van der Waals surface area contributed by atoms with Gasteiger partial charge >= 0.3 is 12.0 Å². The lowest BCUT2D eigenvalue weighted by molar-refractivity contribution is -0.131. The number of esters is 1. The van der Waals surface area contributed by atoms with Crippen molar-refractivity contribution in [2.24, 2.45) is 10.9 Å². The van der Waals surface area contributed by atoms with Gasteiger partial charge in [0.05, 0.1) is 24.0 Å². The Labute approximate surface area is 160 Å². The Morgan fingerprint density at radius 3 is 2.61 bits per heavy atom. The number of nitrogens with zero attached hydrogens (tertiary/aromatic N) is 2. The molecule has 142 valence electrons. The summed E-state index contributed by atoms with van der Waals surface area (Å²) in [7, 11) is 1.24. The number of aliphatic imine (C=N–C) groups is 1. The third kappa shape index (κ3) is 3.66. The molecule has 3 rings (SSSR count). The van der Waals surface area contributed by atoms with Crippen molar-refractivity contribution in [3.63, 3.8) is 0 Å². The number of carbonyl (C=O) groups is 4. The van der Waals surface area contributed by atoms with Gasteiger partial charge in [0.25, 0.3) is 5.91 Å². The molecular formula is C20H17N3O5. The maximum Gasteiger partial charge on any atom is 0.340 e. The number of hydrogen-bond acceptors (Lipinski definition) is 6. The number of ether oxygens (including phenoxy) is 1. The van der Waals surface area contributed by atoms with Crippen molar-refractivity contribution in [1.29, 1.82) is 0 Å². The van der Waals surface area contributed by atoms with Crippen molar-refractivity contribution in [3.8, 4) is 0 Å². The molecule has 0 aromatic heterocycles. The molecule has 1 aliphatic heterocycles. The van der Waals surface area contributed by atoms with Gasteiger partial charge in [0.15, 0.2) is 5.92 Å². The smallest absolute Gasteiger partial charge is 0.340 e. The molecule has 0 bridgehead atoms. The maximum absolute atomic E-state index is 12.8. The van der Waals surface area contributed by atoms with E-state index >= 15 is 0 Å². The summed E-state index contributed by atoms with van der Waals surface area (Å²) in [6.45, 7) is 1.82. The highest BCUT2D eigenvalue weighted by Crippen LogP contribution is 2.23. The summed E-state index contributed by atoms with van der Waals surface area (Å²) >= 11 is 0. The molecule has 2 aromatic rings. The van der Waals surface area contributed by atoms with Gasteiger partial charge in [-0.05, 0) is 36.8 Å².